The second-order valence-electron chi connectivity index (χ2n) is 4.10. The predicted octanol–water partition coefficient (Wildman–Crippen LogP) is 3.78. The van der Waals surface area contributed by atoms with Crippen LogP contribution in [-0.4, -0.2) is 12.4 Å². The number of ketones is 1. The Balaban J connectivity index is 1.98. The lowest BCUT2D eigenvalue weighted by Gasteiger charge is -2.11. The molecule has 2 aromatic rings. The van der Waals surface area contributed by atoms with E-state index >= 15 is 0 Å². The first-order chi connectivity index (χ1) is 8.34. The minimum atomic E-state index is 0.117. The Morgan fingerprint density at radius 1 is 1.29 bits per heavy atom. The summed E-state index contributed by atoms with van der Waals surface area (Å²) in [6, 6.07) is 10.0. The zero-order chi connectivity index (χ0) is 11.7. The van der Waals surface area contributed by atoms with Crippen molar-refractivity contribution in [1.82, 2.24) is 0 Å². The van der Waals surface area contributed by atoms with E-state index in [0.29, 0.717) is 0 Å². The molecule has 2 nitrogen and oxygen atoms in total. The van der Waals surface area contributed by atoms with E-state index in [4.69, 9.17) is 4.74 Å². The number of Topliss-reactive ketones (excluding diaryl/α,β-unsaturated/α-hetero) is 1. The third kappa shape index (κ3) is 1.98. The maximum atomic E-state index is 12.2. The first-order valence-electron chi connectivity index (χ1n) is 5.68. The lowest BCUT2D eigenvalue weighted by atomic mass is 10.0. The second-order valence-corrected chi connectivity index (χ2v) is 5.18. The molecular formula is C14H12O2S. The van der Waals surface area contributed by atoms with Crippen LogP contribution in [0, 0.1) is 0 Å². The van der Waals surface area contributed by atoms with Crippen molar-refractivity contribution in [2.75, 3.05) is 6.61 Å². The maximum Gasteiger partial charge on any atom is 0.202 e. The molecule has 1 aromatic carbocycles. The Morgan fingerprint density at radius 2 is 2.18 bits per heavy atom. The fourth-order valence-corrected chi connectivity index (χ4v) is 3.02. The summed E-state index contributed by atoms with van der Waals surface area (Å²) in [6.45, 7) is 0.725. The van der Waals surface area contributed by atoms with Crippen molar-refractivity contribution in [3.05, 3.63) is 47.0 Å². The third-order valence-electron chi connectivity index (χ3n) is 2.87. The number of fused-ring (bicyclic) bond motifs is 1. The van der Waals surface area contributed by atoms with Gasteiger partial charge in [-0.2, -0.15) is 0 Å². The van der Waals surface area contributed by atoms with Crippen LogP contribution >= 0.6 is 11.3 Å². The van der Waals surface area contributed by atoms with Gasteiger partial charge >= 0.3 is 0 Å². The maximum absolute atomic E-state index is 12.2. The molecule has 0 spiro atoms. The van der Waals surface area contributed by atoms with Crippen molar-refractivity contribution in [1.29, 1.82) is 0 Å². The molecular weight excluding hydrogens is 232 g/mol. The van der Waals surface area contributed by atoms with Crippen LogP contribution < -0.4 is 0 Å². The van der Waals surface area contributed by atoms with Crippen LogP contribution in [0.1, 0.15) is 22.5 Å². The summed E-state index contributed by atoms with van der Waals surface area (Å²) in [5.41, 5.74) is 0.794. The highest BCUT2D eigenvalue weighted by atomic mass is 32.1. The molecule has 3 rings (SSSR count). The summed E-state index contributed by atoms with van der Waals surface area (Å²) < 4.78 is 6.38. The van der Waals surface area contributed by atoms with E-state index in [9.17, 15) is 4.79 Å². The third-order valence-corrected chi connectivity index (χ3v) is 3.99. The predicted molar refractivity (Wildman–Crippen MR) is 69.4 cm³/mol. The molecule has 0 unspecified atom stereocenters. The van der Waals surface area contributed by atoms with Crippen molar-refractivity contribution in [2.45, 2.75) is 12.8 Å². The van der Waals surface area contributed by atoms with Gasteiger partial charge in [-0.05, 0) is 30.4 Å². The Kier molecular flexibility index (Phi) is 2.69. The van der Waals surface area contributed by atoms with Gasteiger partial charge in [-0.25, -0.2) is 0 Å². The van der Waals surface area contributed by atoms with Gasteiger partial charge in [0.1, 0.15) is 0 Å². The number of hydrogen-bond acceptors (Lipinski definition) is 3. The summed E-state index contributed by atoms with van der Waals surface area (Å²) >= 11 is 1.55. The van der Waals surface area contributed by atoms with Crippen molar-refractivity contribution < 1.29 is 9.53 Å². The Hall–Kier alpha value is -1.61. The molecule has 0 N–H and O–H groups in total. The molecule has 3 heteroatoms. The Labute approximate surface area is 104 Å². The standard InChI is InChI=1S/C14H12O2S/c15-14(11-5-3-7-16-9-11)13-8-10-4-1-2-6-12(10)17-13/h1-2,4,6,8-9H,3,5,7H2. The van der Waals surface area contributed by atoms with Gasteiger partial charge in [-0.3, -0.25) is 4.79 Å². The fraction of sp³-hybridized carbons (Fsp3) is 0.214. The van der Waals surface area contributed by atoms with Crippen molar-refractivity contribution in [3.63, 3.8) is 0 Å². The first-order valence-corrected chi connectivity index (χ1v) is 6.50. The van der Waals surface area contributed by atoms with Gasteiger partial charge in [0.15, 0.2) is 0 Å². The number of carbonyl (C=O) groups is 1. The number of allylic oxidation sites excluding steroid dienone is 1. The highest BCUT2D eigenvalue weighted by molar-refractivity contribution is 7.21. The number of ether oxygens (including phenoxy) is 1. The normalized spacial score (nSPS) is 15.4. The van der Waals surface area contributed by atoms with E-state index in [1.54, 1.807) is 17.6 Å². The van der Waals surface area contributed by atoms with Gasteiger partial charge in [0.2, 0.25) is 5.78 Å². The zero-order valence-corrected chi connectivity index (χ0v) is 10.1. The minimum absolute atomic E-state index is 0.117. The molecule has 1 aromatic heterocycles. The van der Waals surface area contributed by atoms with Crippen LogP contribution in [0.15, 0.2) is 42.2 Å². The van der Waals surface area contributed by atoms with Crippen LogP contribution in [0.4, 0.5) is 0 Å². The minimum Gasteiger partial charge on any atom is -0.501 e. The van der Waals surface area contributed by atoms with Gasteiger partial charge < -0.3 is 4.74 Å². The first kappa shape index (κ1) is 10.5. The lowest BCUT2D eigenvalue weighted by Crippen LogP contribution is -2.07. The lowest BCUT2D eigenvalue weighted by molar-refractivity contribution is 0.101. The molecule has 0 saturated carbocycles. The van der Waals surface area contributed by atoms with Gasteiger partial charge in [0.25, 0.3) is 0 Å². The number of benzene rings is 1. The summed E-state index contributed by atoms with van der Waals surface area (Å²) in [5.74, 6) is 0.117. The average molecular weight is 244 g/mol. The molecule has 0 aliphatic carbocycles. The SMILES string of the molecule is O=C(C1=COCCC1)c1cc2ccccc2s1. The molecule has 0 saturated heterocycles. The number of hydrogen-bond donors (Lipinski definition) is 0. The van der Waals surface area contributed by atoms with Crippen LogP contribution in [0.2, 0.25) is 0 Å². The van der Waals surface area contributed by atoms with Crippen LogP contribution in [0.25, 0.3) is 10.1 Å². The smallest absolute Gasteiger partial charge is 0.202 e. The van der Waals surface area contributed by atoms with E-state index in [2.05, 4.69) is 0 Å². The monoisotopic (exact) mass is 244 g/mol. The van der Waals surface area contributed by atoms with Crippen LogP contribution in [0.5, 0.6) is 0 Å². The molecule has 17 heavy (non-hydrogen) atoms. The molecule has 1 aliphatic rings. The van der Waals surface area contributed by atoms with Gasteiger partial charge in [0.05, 0.1) is 17.7 Å². The molecule has 2 heterocycles. The molecule has 0 bridgehead atoms. The van der Waals surface area contributed by atoms with Crippen molar-refractivity contribution in [3.8, 4) is 0 Å². The Morgan fingerprint density at radius 3 is 2.94 bits per heavy atom. The van der Waals surface area contributed by atoms with Gasteiger partial charge in [-0.1, -0.05) is 18.2 Å². The molecule has 86 valence electrons. The molecule has 0 amide bonds. The molecule has 0 atom stereocenters. The van der Waals surface area contributed by atoms with Crippen molar-refractivity contribution >= 4 is 27.2 Å². The van der Waals surface area contributed by atoms with Gasteiger partial charge in [0, 0.05) is 10.3 Å². The van der Waals surface area contributed by atoms with E-state index < -0.39 is 0 Å². The number of rotatable bonds is 2. The molecule has 0 radical (unpaired) electrons. The summed E-state index contributed by atoms with van der Waals surface area (Å²) in [5, 5.41) is 1.14. The zero-order valence-electron chi connectivity index (χ0n) is 9.31. The molecule has 1 aliphatic heterocycles. The van der Waals surface area contributed by atoms with E-state index in [-0.39, 0.29) is 5.78 Å². The Bertz CT molecular complexity index is 562. The average Bonchev–Trinajstić information content (AvgIpc) is 2.82. The van der Waals surface area contributed by atoms with Crippen molar-refractivity contribution in [2.24, 2.45) is 0 Å². The van der Waals surface area contributed by atoms with Crippen LogP contribution in [0.3, 0.4) is 0 Å². The van der Waals surface area contributed by atoms with E-state index in [1.807, 2.05) is 30.3 Å². The second kappa shape index (κ2) is 4.34. The summed E-state index contributed by atoms with van der Waals surface area (Å²) in [6.07, 6.45) is 3.38. The highest BCUT2D eigenvalue weighted by Crippen LogP contribution is 2.28. The number of thiophene rings is 1. The van der Waals surface area contributed by atoms with E-state index in [0.717, 1.165) is 40.0 Å². The summed E-state index contributed by atoms with van der Waals surface area (Å²) in [7, 11) is 0. The molecule has 0 fully saturated rings. The number of carbonyl (C=O) groups excluding carboxylic acids is 1. The van der Waals surface area contributed by atoms with E-state index in [1.165, 1.54) is 0 Å². The quantitative estimate of drug-likeness (QED) is 0.751. The highest BCUT2D eigenvalue weighted by Gasteiger charge is 2.17. The summed E-state index contributed by atoms with van der Waals surface area (Å²) in [4.78, 5) is 13.0. The fourth-order valence-electron chi connectivity index (χ4n) is 1.98. The van der Waals surface area contributed by atoms with Gasteiger partial charge in [-0.15, -0.1) is 11.3 Å². The van der Waals surface area contributed by atoms with Crippen LogP contribution in [-0.2, 0) is 4.74 Å². The largest absolute Gasteiger partial charge is 0.501 e. The topological polar surface area (TPSA) is 26.3 Å².